The Labute approximate surface area is 106 Å². The van der Waals surface area contributed by atoms with Crippen molar-refractivity contribution in [3.8, 4) is 17.2 Å². The first kappa shape index (κ1) is 12.6. The highest BCUT2D eigenvalue weighted by Gasteiger charge is 2.11. The van der Waals surface area contributed by atoms with E-state index in [9.17, 15) is 0 Å². The largest absolute Gasteiger partial charge is 0.496 e. The second-order valence-corrected chi connectivity index (χ2v) is 4.38. The lowest BCUT2D eigenvalue weighted by Gasteiger charge is -2.04. The summed E-state index contributed by atoms with van der Waals surface area (Å²) in [7, 11) is 1.64. The van der Waals surface area contributed by atoms with Gasteiger partial charge in [0.15, 0.2) is 5.82 Å². The van der Waals surface area contributed by atoms with Crippen LogP contribution in [-0.4, -0.2) is 23.3 Å². The van der Waals surface area contributed by atoms with Crippen LogP contribution in [-0.2, 0) is 6.42 Å². The zero-order chi connectivity index (χ0) is 13.1. The number of methoxy groups -OCH3 is 1. The number of ether oxygens (including phenoxy) is 1. The summed E-state index contributed by atoms with van der Waals surface area (Å²) in [4.78, 5) is 4.31. The van der Waals surface area contributed by atoms with Gasteiger partial charge in [-0.25, -0.2) is 0 Å². The molecule has 1 aromatic carbocycles. The van der Waals surface area contributed by atoms with Crippen LogP contribution in [0.15, 0.2) is 22.7 Å². The Balaban J connectivity index is 2.28. The van der Waals surface area contributed by atoms with E-state index in [0.29, 0.717) is 18.1 Å². The van der Waals surface area contributed by atoms with E-state index in [2.05, 4.69) is 10.1 Å². The van der Waals surface area contributed by atoms with Crippen molar-refractivity contribution in [2.24, 2.45) is 5.73 Å². The molecular weight excluding hydrogens is 230 g/mol. The molecule has 0 spiro atoms. The summed E-state index contributed by atoms with van der Waals surface area (Å²) in [5.74, 6) is 1.92. The van der Waals surface area contributed by atoms with Gasteiger partial charge in [-0.2, -0.15) is 4.98 Å². The lowest BCUT2D eigenvalue weighted by atomic mass is 10.1. The van der Waals surface area contributed by atoms with Crippen LogP contribution in [0, 0.1) is 6.92 Å². The number of aromatic nitrogens is 2. The van der Waals surface area contributed by atoms with Gasteiger partial charge in [0.05, 0.1) is 7.11 Å². The molecule has 5 nitrogen and oxygen atoms in total. The fourth-order valence-electron chi connectivity index (χ4n) is 1.70. The van der Waals surface area contributed by atoms with Gasteiger partial charge >= 0.3 is 0 Å². The van der Waals surface area contributed by atoms with Crippen molar-refractivity contribution in [3.05, 3.63) is 29.6 Å². The van der Waals surface area contributed by atoms with E-state index in [0.717, 1.165) is 16.9 Å². The second-order valence-electron chi connectivity index (χ2n) is 4.38. The summed E-state index contributed by atoms with van der Waals surface area (Å²) in [6.07, 6.45) is 0.604. The van der Waals surface area contributed by atoms with Crippen molar-refractivity contribution < 1.29 is 9.26 Å². The Hall–Kier alpha value is -1.88. The third-order valence-corrected chi connectivity index (χ3v) is 2.63. The predicted molar refractivity (Wildman–Crippen MR) is 68.4 cm³/mol. The van der Waals surface area contributed by atoms with Crippen LogP contribution in [0.25, 0.3) is 11.5 Å². The van der Waals surface area contributed by atoms with Crippen LogP contribution in [0.4, 0.5) is 0 Å². The molecule has 0 aliphatic rings. The van der Waals surface area contributed by atoms with Gasteiger partial charge in [-0.3, -0.25) is 0 Å². The lowest BCUT2D eigenvalue weighted by Crippen LogP contribution is -2.18. The Morgan fingerprint density at radius 1 is 1.44 bits per heavy atom. The number of hydrogen-bond donors (Lipinski definition) is 1. The molecule has 1 unspecified atom stereocenters. The minimum Gasteiger partial charge on any atom is -0.496 e. The van der Waals surface area contributed by atoms with Gasteiger partial charge in [-0.05, 0) is 31.5 Å². The fourth-order valence-corrected chi connectivity index (χ4v) is 1.70. The normalized spacial score (nSPS) is 12.4. The molecule has 0 saturated carbocycles. The zero-order valence-corrected chi connectivity index (χ0v) is 10.8. The summed E-state index contributed by atoms with van der Waals surface area (Å²) < 4.78 is 10.5. The highest BCUT2D eigenvalue weighted by molar-refractivity contribution is 5.57. The molecule has 0 radical (unpaired) electrons. The van der Waals surface area contributed by atoms with Gasteiger partial charge in [0.25, 0.3) is 5.89 Å². The Morgan fingerprint density at radius 3 is 2.89 bits per heavy atom. The van der Waals surface area contributed by atoms with Gasteiger partial charge in [0.1, 0.15) is 5.75 Å². The second kappa shape index (κ2) is 5.18. The summed E-state index contributed by atoms with van der Waals surface area (Å²) in [5, 5.41) is 3.90. The zero-order valence-electron chi connectivity index (χ0n) is 10.8. The highest BCUT2D eigenvalue weighted by Crippen LogP contribution is 2.25. The van der Waals surface area contributed by atoms with Crippen molar-refractivity contribution in [2.45, 2.75) is 26.3 Å². The van der Waals surface area contributed by atoms with Crippen molar-refractivity contribution in [2.75, 3.05) is 7.11 Å². The topological polar surface area (TPSA) is 74.2 Å². The molecule has 1 atom stereocenters. The smallest absolute Gasteiger partial charge is 0.258 e. The molecule has 0 bridgehead atoms. The van der Waals surface area contributed by atoms with Gasteiger partial charge in [-0.1, -0.05) is 11.2 Å². The van der Waals surface area contributed by atoms with E-state index in [-0.39, 0.29) is 6.04 Å². The first-order valence-corrected chi connectivity index (χ1v) is 5.83. The molecule has 1 heterocycles. The molecule has 2 N–H and O–H groups in total. The maximum atomic E-state index is 5.70. The highest BCUT2D eigenvalue weighted by atomic mass is 16.5. The molecule has 18 heavy (non-hydrogen) atoms. The first-order valence-electron chi connectivity index (χ1n) is 5.83. The Morgan fingerprint density at radius 2 is 2.22 bits per heavy atom. The number of hydrogen-bond acceptors (Lipinski definition) is 5. The molecule has 0 amide bonds. The van der Waals surface area contributed by atoms with E-state index in [1.807, 2.05) is 32.0 Å². The maximum absolute atomic E-state index is 5.70. The predicted octanol–water partition coefficient (Wildman–Crippen LogP) is 1.94. The Kier molecular flexibility index (Phi) is 3.62. The van der Waals surface area contributed by atoms with Crippen molar-refractivity contribution >= 4 is 0 Å². The summed E-state index contributed by atoms with van der Waals surface area (Å²) >= 11 is 0. The molecule has 5 heteroatoms. The minimum atomic E-state index is 0.0167. The Bertz CT molecular complexity index is 535. The molecule has 1 aromatic heterocycles. The number of benzene rings is 1. The lowest BCUT2D eigenvalue weighted by molar-refractivity contribution is 0.409. The van der Waals surface area contributed by atoms with Crippen molar-refractivity contribution in [3.63, 3.8) is 0 Å². The van der Waals surface area contributed by atoms with Gasteiger partial charge in [-0.15, -0.1) is 0 Å². The van der Waals surface area contributed by atoms with Crippen molar-refractivity contribution in [1.29, 1.82) is 0 Å². The number of nitrogens with zero attached hydrogens (tertiary/aromatic N) is 2. The fraction of sp³-hybridized carbons (Fsp3) is 0.385. The van der Waals surface area contributed by atoms with Gasteiger partial charge in [0.2, 0.25) is 0 Å². The van der Waals surface area contributed by atoms with Crippen LogP contribution in [0.5, 0.6) is 5.75 Å². The molecule has 96 valence electrons. The summed E-state index contributed by atoms with van der Waals surface area (Å²) in [6, 6.07) is 5.80. The number of aryl methyl sites for hydroxylation is 1. The van der Waals surface area contributed by atoms with Crippen LogP contribution in [0.1, 0.15) is 18.3 Å². The van der Waals surface area contributed by atoms with E-state index in [1.54, 1.807) is 7.11 Å². The first-order chi connectivity index (χ1) is 8.60. The van der Waals surface area contributed by atoms with E-state index < -0.39 is 0 Å². The molecule has 0 aliphatic carbocycles. The standard InChI is InChI=1S/C13H17N3O2/c1-8-4-5-10(7-11(8)17-3)13-15-12(16-18-13)6-9(2)14/h4-5,7,9H,6,14H2,1-3H3. The SMILES string of the molecule is COc1cc(-c2nc(CC(C)N)no2)ccc1C. The monoisotopic (exact) mass is 247 g/mol. The quantitative estimate of drug-likeness (QED) is 0.893. The van der Waals surface area contributed by atoms with E-state index >= 15 is 0 Å². The number of rotatable bonds is 4. The van der Waals surface area contributed by atoms with Crippen molar-refractivity contribution in [1.82, 2.24) is 10.1 Å². The van der Waals surface area contributed by atoms with Gasteiger partial charge in [0, 0.05) is 18.0 Å². The summed E-state index contributed by atoms with van der Waals surface area (Å²) in [5.41, 5.74) is 7.61. The molecule has 0 aliphatic heterocycles. The van der Waals surface area contributed by atoms with Gasteiger partial charge < -0.3 is 15.0 Å². The third-order valence-electron chi connectivity index (χ3n) is 2.63. The maximum Gasteiger partial charge on any atom is 0.258 e. The minimum absolute atomic E-state index is 0.0167. The molecule has 2 aromatic rings. The molecule has 2 rings (SSSR count). The average Bonchev–Trinajstić information content (AvgIpc) is 2.77. The number of nitrogens with two attached hydrogens (primary N) is 1. The van der Waals surface area contributed by atoms with E-state index in [1.165, 1.54) is 0 Å². The molecular formula is C13H17N3O2. The third kappa shape index (κ3) is 2.68. The average molecular weight is 247 g/mol. The van der Waals surface area contributed by atoms with Crippen LogP contribution < -0.4 is 10.5 Å². The van der Waals surface area contributed by atoms with Crippen LogP contribution in [0.3, 0.4) is 0 Å². The van der Waals surface area contributed by atoms with Crippen LogP contribution in [0.2, 0.25) is 0 Å². The van der Waals surface area contributed by atoms with Crippen LogP contribution >= 0.6 is 0 Å². The van der Waals surface area contributed by atoms with E-state index in [4.69, 9.17) is 15.0 Å². The molecule has 0 saturated heterocycles. The summed E-state index contributed by atoms with van der Waals surface area (Å²) in [6.45, 7) is 3.89. The molecule has 0 fully saturated rings.